The van der Waals surface area contributed by atoms with Crippen LogP contribution in [0, 0.1) is 0 Å². The molecule has 102 valence electrons. The average molecular weight is 269 g/mol. The molecule has 0 aromatic heterocycles. The molecule has 20 heavy (non-hydrogen) atoms. The summed E-state index contributed by atoms with van der Waals surface area (Å²) < 4.78 is 4.78. The molecular weight excluding hydrogens is 254 g/mol. The topological polar surface area (TPSA) is 58.6 Å². The van der Waals surface area contributed by atoms with Crippen molar-refractivity contribution < 1.29 is 14.6 Å². The molecule has 2 aromatic carbocycles. The molecule has 0 saturated heterocycles. The smallest absolute Gasteiger partial charge is 0.411 e. The number of hydrogen-bond acceptors (Lipinski definition) is 3. The van der Waals surface area contributed by atoms with E-state index in [1.165, 1.54) is 22.3 Å². The third kappa shape index (κ3) is 2.38. The molecule has 0 heterocycles. The Morgan fingerprint density at radius 2 is 1.95 bits per heavy atom. The van der Waals surface area contributed by atoms with Gasteiger partial charge in [-0.3, -0.25) is 5.32 Å². The van der Waals surface area contributed by atoms with Gasteiger partial charge < -0.3 is 9.84 Å². The Hall–Kier alpha value is -2.33. The first-order valence-corrected chi connectivity index (χ1v) is 6.54. The van der Waals surface area contributed by atoms with Crippen molar-refractivity contribution in [2.24, 2.45) is 0 Å². The zero-order chi connectivity index (χ0) is 13.9. The Morgan fingerprint density at radius 1 is 1.15 bits per heavy atom. The van der Waals surface area contributed by atoms with Crippen molar-refractivity contribution in [2.45, 2.75) is 6.42 Å². The first kappa shape index (κ1) is 12.7. The third-order valence-corrected chi connectivity index (χ3v) is 3.36. The van der Waals surface area contributed by atoms with Crippen LogP contribution in [0.5, 0.6) is 0 Å². The summed E-state index contributed by atoms with van der Waals surface area (Å²) in [5.74, 6) is 0. The zero-order valence-corrected chi connectivity index (χ0v) is 10.9. The summed E-state index contributed by atoms with van der Waals surface area (Å²) in [5.41, 5.74) is 5.69. The fourth-order valence-corrected chi connectivity index (χ4v) is 2.52. The van der Waals surface area contributed by atoms with Crippen LogP contribution in [-0.2, 0) is 11.2 Å². The molecule has 0 bridgehead atoms. The third-order valence-electron chi connectivity index (χ3n) is 3.36. The van der Waals surface area contributed by atoms with E-state index in [0.717, 1.165) is 6.42 Å². The van der Waals surface area contributed by atoms with Gasteiger partial charge in [0.2, 0.25) is 0 Å². The van der Waals surface area contributed by atoms with Crippen LogP contribution in [-0.4, -0.2) is 24.4 Å². The molecule has 3 rings (SSSR count). The molecule has 0 radical (unpaired) electrons. The summed E-state index contributed by atoms with van der Waals surface area (Å²) in [5, 5.41) is 11.3. The van der Waals surface area contributed by atoms with Crippen molar-refractivity contribution in [2.75, 3.05) is 18.5 Å². The number of amides is 1. The summed E-state index contributed by atoms with van der Waals surface area (Å²) in [4.78, 5) is 11.4. The van der Waals surface area contributed by atoms with Crippen molar-refractivity contribution in [1.82, 2.24) is 0 Å². The molecule has 0 aliphatic heterocycles. The lowest BCUT2D eigenvalue weighted by Gasteiger charge is -2.07. The van der Waals surface area contributed by atoms with Gasteiger partial charge in [0, 0.05) is 5.69 Å². The minimum atomic E-state index is -0.547. The van der Waals surface area contributed by atoms with Crippen molar-refractivity contribution >= 4 is 11.8 Å². The quantitative estimate of drug-likeness (QED) is 0.768. The van der Waals surface area contributed by atoms with Gasteiger partial charge in [-0.1, -0.05) is 30.3 Å². The minimum Gasteiger partial charge on any atom is -0.447 e. The van der Waals surface area contributed by atoms with Gasteiger partial charge in [0.05, 0.1) is 6.61 Å². The van der Waals surface area contributed by atoms with Crippen molar-refractivity contribution in [3.8, 4) is 11.1 Å². The highest BCUT2D eigenvalue weighted by Gasteiger charge is 2.18. The highest BCUT2D eigenvalue weighted by atomic mass is 16.6. The molecular formula is C16H15NO3. The largest absolute Gasteiger partial charge is 0.447 e. The van der Waals surface area contributed by atoms with Gasteiger partial charge in [-0.2, -0.15) is 0 Å². The lowest BCUT2D eigenvalue weighted by molar-refractivity contribution is 0.131. The molecule has 2 aromatic rings. The van der Waals surface area contributed by atoms with Crippen LogP contribution in [0.1, 0.15) is 11.1 Å². The summed E-state index contributed by atoms with van der Waals surface area (Å²) in [6.07, 6.45) is 0.335. The Kier molecular flexibility index (Phi) is 3.39. The SMILES string of the molecule is O=C(Nc1ccc2c(c1)Cc1ccccc1-2)OCCO. The van der Waals surface area contributed by atoms with Gasteiger partial charge >= 0.3 is 6.09 Å². The van der Waals surface area contributed by atoms with Crippen molar-refractivity contribution in [1.29, 1.82) is 0 Å². The maximum Gasteiger partial charge on any atom is 0.411 e. The fourth-order valence-electron chi connectivity index (χ4n) is 2.52. The van der Waals surface area contributed by atoms with Gasteiger partial charge in [0.25, 0.3) is 0 Å². The van der Waals surface area contributed by atoms with E-state index in [4.69, 9.17) is 9.84 Å². The second kappa shape index (κ2) is 5.35. The summed E-state index contributed by atoms with van der Waals surface area (Å²) in [6.45, 7) is -0.171. The molecule has 0 unspecified atom stereocenters. The Labute approximate surface area is 117 Å². The number of rotatable bonds is 3. The fraction of sp³-hybridized carbons (Fsp3) is 0.188. The lowest BCUT2D eigenvalue weighted by atomic mass is 10.1. The number of fused-ring (bicyclic) bond motifs is 3. The Morgan fingerprint density at radius 3 is 2.80 bits per heavy atom. The molecule has 1 aliphatic rings. The summed E-state index contributed by atoms with van der Waals surface area (Å²) in [6, 6.07) is 14.2. The number of ether oxygens (including phenoxy) is 1. The number of benzene rings is 2. The monoisotopic (exact) mass is 269 g/mol. The predicted octanol–water partition coefficient (Wildman–Crippen LogP) is 2.80. The lowest BCUT2D eigenvalue weighted by Crippen LogP contribution is -2.15. The molecule has 0 saturated carbocycles. The van der Waals surface area contributed by atoms with E-state index in [-0.39, 0.29) is 13.2 Å². The van der Waals surface area contributed by atoms with Gasteiger partial charge in [-0.05, 0) is 40.8 Å². The van der Waals surface area contributed by atoms with E-state index in [1.54, 1.807) is 0 Å². The zero-order valence-electron chi connectivity index (χ0n) is 10.9. The van der Waals surface area contributed by atoms with Crippen LogP contribution in [0.2, 0.25) is 0 Å². The van der Waals surface area contributed by atoms with Crippen LogP contribution in [0.3, 0.4) is 0 Å². The number of carbonyl (C=O) groups excluding carboxylic acids is 1. The van der Waals surface area contributed by atoms with Crippen LogP contribution < -0.4 is 5.32 Å². The molecule has 0 spiro atoms. The Balaban J connectivity index is 1.79. The summed E-state index contributed by atoms with van der Waals surface area (Å²) in [7, 11) is 0. The maximum atomic E-state index is 11.4. The van der Waals surface area contributed by atoms with Gasteiger partial charge in [-0.15, -0.1) is 0 Å². The van der Waals surface area contributed by atoms with E-state index < -0.39 is 6.09 Å². The normalized spacial score (nSPS) is 11.7. The maximum absolute atomic E-state index is 11.4. The Bertz CT molecular complexity index is 652. The van der Waals surface area contributed by atoms with Gasteiger partial charge in [0.1, 0.15) is 6.61 Å². The minimum absolute atomic E-state index is 0.00220. The first-order valence-electron chi connectivity index (χ1n) is 6.54. The van der Waals surface area contributed by atoms with Crippen LogP contribution in [0.15, 0.2) is 42.5 Å². The van der Waals surface area contributed by atoms with E-state index in [0.29, 0.717) is 5.69 Å². The van der Waals surface area contributed by atoms with E-state index in [2.05, 4.69) is 17.4 Å². The van der Waals surface area contributed by atoms with E-state index >= 15 is 0 Å². The molecule has 0 fully saturated rings. The molecule has 1 aliphatic carbocycles. The van der Waals surface area contributed by atoms with Crippen LogP contribution >= 0.6 is 0 Å². The van der Waals surface area contributed by atoms with Crippen molar-refractivity contribution in [3.05, 3.63) is 53.6 Å². The molecule has 4 heteroatoms. The molecule has 4 nitrogen and oxygen atoms in total. The van der Waals surface area contributed by atoms with Crippen molar-refractivity contribution in [3.63, 3.8) is 0 Å². The first-order chi connectivity index (χ1) is 9.78. The highest BCUT2D eigenvalue weighted by molar-refractivity contribution is 5.86. The standard InChI is InChI=1S/C16H15NO3/c18-7-8-20-16(19)17-13-5-6-15-12(10-13)9-11-3-1-2-4-14(11)15/h1-6,10,18H,7-9H2,(H,17,19). The van der Waals surface area contributed by atoms with Gasteiger partial charge in [-0.25, -0.2) is 4.79 Å². The number of anilines is 1. The van der Waals surface area contributed by atoms with E-state index in [9.17, 15) is 4.79 Å². The number of carbonyl (C=O) groups is 1. The second-order valence-electron chi connectivity index (χ2n) is 4.69. The number of aliphatic hydroxyl groups is 1. The van der Waals surface area contributed by atoms with Gasteiger partial charge in [0.15, 0.2) is 0 Å². The van der Waals surface area contributed by atoms with E-state index in [1.807, 2.05) is 30.3 Å². The second-order valence-corrected chi connectivity index (χ2v) is 4.69. The number of aliphatic hydroxyl groups excluding tert-OH is 1. The predicted molar refractivity (Wildman–Crippen MR) is 76.7 cm³/mol. The highest BCUT2D eigenvalue weighted by Crippen LogP contribution is 2.37. The number of nitrogens with one attached hydrogen (secondary N) is 1. The summed E-state index contributed by atoms with van der Waals surface area (Å²) >= 11 is 0. The molecule has 1 amide bonds. The average Bonchev–Trinajstić information content (AvgIpc) is 2.82. The van der Waals surface area contributed by atoms with Crippen LogP contribution in [0.25, 0.3) is 11.1 Å². The number of hydrogen-bond donors (Lipinski definition) is 2. The molecule has 0 atom stereocenters. The molecule has 2 N–H and O–H groups in total. The van der Waals surface area contributed by atoms with Crippen LogP contribution in [0.4, 0.5) is 10.5 Å².